The number of benzene rings is 1. The second-order valence-electron chi connectivity index (χ2n) is 2.77. The largest absolute Gasteiger partial charge is 0.609 e. The molecule has 0 saturated heterocycles. The van der Waals surface area contributed by atoms with Crippen LogP contribution >= 0.6 is 11.3 Å². The summed E-state index contributed by atoms with van der Waals surface area (Å²) < 4.78 is 12.4. The summed E-state index contributed by atoms with van der Waals surface area (Å²) in [5.41, 5.74) is 1.08. The van der Waals surface area contributed by atoms with E-state index < -0.39 is 11.2 Å². The molecule has 1 atom stereocenters. The van der Waals surface area contributed by atoms with Crippen LogP contribution in [-0.2, 0) is 16.9 Å². The van der Waals surface area contributed by atoms with Crippen LogP contribution in [-0.4, -0.2) is 9.54 Å². The number of thiazole rings is 1. The van der Waals surface area contributed by atoms with Gasteiger partial charge in [0.25, 0.3) is 0 Å². The van der Waals surface area contributed by atoms with Crippen LogP contribution in [0.4, 0.5) is 0 Å². The fraction of sp³-hybridized carbons (Fsp3) is 0.100. The van der Waals surface area contributed by atoms with Gasteiger partial charge in [-0.1, -0.05) is 41.7 Å². The zero-order valence-corrected chi connectivity index (χ0v) is 9.05. The lowest BCUT2D eigenvalue weighted by molar-refractivity contribution is 0.593. The van der Waals surface area contributed by atoms with Crippen LogP contribution in [0.15, 0.2) is 46.2 Å². The molecule has 1 heterocycles. The lowest BCUT2D eigenvalue weighted by atomic mass is 10.2. The average molecular weight is 223 g/mol. The van der Waals surface area contributed by atoms with E-state index in [2.05, 4.69) is 4.98 Å². The summed E-state index contributed by atoms with van der Waals surface area (Å²) in [5.74, 6) is 0.550. The molecule has 2 nitrogen and oxygen atoms in total. The SMILES string of the molecule is [O-][S+](Cc1ccccc1)c1nccs1. The van der Waals surface area contributed by atoms with E-state index in [4.69, 9.17) is 0 Å². The van der Waals surface area contributed by atoms with E-state index in [1.165, 1.54) is 11.3 Å². The van der Waals surface area contributed by atoms with Gasteiger partial charge < -0.3 is 4.55 Å². The number of hydrogen-bond donors (Lipinski definition) is 0. The molecule has 2 aromatic rings. The first kappa shape index (κ1) is 9.71. The molecule has 0 bridgehead atoms. The quantitative estimate of drug-likeness (QED) is 0.749. The maximum absolute atomic E-state index is 11.7. The van der Waals surface area contributed by atoms with Crippen molar-refractivity contribution >= 4 is 22.5 Å². The molecule has 2 rings (SSSR count). The van der Waals surface area contributed by atoms with Crippen molar-refractivity contribution in [3.05, 3.63) is 47.5 Å². The molecule has 1 unspecified atom stereocenters. The van der Waals surface area contributed by atoms with E-state index in [9.17, 15) is 4.55 Å². The fourth-order valence-electron chi connectivity index (χ4n) is 1.11. The van der Waals surface area contributed by atoms with E-state index in [0.29, 0.717) is 10.1 Å². The highest BCUT2D eigenvalue weighted by molar-refractivity contribution is 7.92. The molecule has 0 N–H and O–H groups in total. The average Bonchev–Trinajstić information content (AvgIpc) is 2.72. The Morgan fingerprint density at radius 1 is 1.29 bits per heavy atom. The smallest absolute Gasteiger partial charge is 0.301 e. The Kier molecular flexibility index (Phi) is 3.18. The molecule has 0 aliphatic rings. The minimum absolute atomic E-state index is 0.550. The number of rotatable bonds is 3. The van der Waals surface area contributed by atoms with Gasteiger partial charge in [-0.15, -0.1) is 0 Å². The van der Waals surface area contributed by atoms with Crippen LogP contribution in [0, 0.1) is 0 Å². The van der Waals surface area contributed by atoms with Gasteiger partial charge in [-0.2, -0.15) is 0 Å². The predicted molar refractivity (Wildman–Crippen MR) is 58.7 cm³/mol. The molecular formula is C10H9NOS2. The summed E-state index contributed by atoms with van der Waals surface area (Å²) in [6.45, 7) is 0. The molecular weight excluding hydrogens is 214 g/mol. The maximum atomic E-state index is 11.7. The number of aromatic nitrogens is 1. The fourth-order valence-corrected chi connectivity index (χ4v) is 3.04. The molecule has 0 amide bonds. The predicted octanol–water partition coefficient (Wildman–Crippen LogP) is 2.45. The van der Waals surface area contributed by atoms with Crippen molar-refractivity contribution in [2.24, 2.45) is 0 Å². The second kappa shape index (κ2) is 4.59. The Labute approximate surface area is 89.8 Å². The zero-order chi connectivity index (χ0) is 9.80. The lowest BCUT2D eigenvalue weighted by Crippen LogP contribution is -2.04. The van der Waals surface area contributed by atoms with Crippen LogP contribution in [0.25, 0.3) is 0 Å². The van der Waals surface area contributed by atoms with Crippen LogP contribution in [0.2, 0.25) is 0 Å². The van der Waals surface area contributed by atoms with E-state index in [-0.39, 0.29) is 0 Å². The van der Waals surface area contributed by atoms with Crippen LogP contribution in [0.5, 0.6) is 0 Å². The van der Waals surface area contributed by atoms with Crippen molar-refractivity contribution in [3.8, 4) is 0 Å². The van der Waals surface area contributed by atoms with Gasteiger partial charge in [0, 0.05) is 28.3 Å². The molecule has 1 aromatic carbocycles. The molecule has 0 fully saturated rings. The van der Waals surface area contributed by atoms with E-state index >= 15 is 0 Å². The summed E-state index contributed by atoms with van der Waals surface area (Å²) in [7, 11) is 0. The van der Waals surface area contributed by atoms with E-state index in [1.807, 2.05) is 35.7 Å². The second-order valence-corrected chi connectivity index (χ2v) is 5.29. The number of nitrogens with zero attached hydrogens (tertiary/aromatic N) is 1. The Hall–Kier alpha value is -0.840. The summed E-state index contributed by atoms with van der Waals surface area (Å²) >= 11 is 0.443. The maximum Gasteiger partial charge on any atom is 0.301 e. The van der Waals surface area contributed by atoms with Crippen LogP contribution in [0.1, 0.15) is 5.56 Å². The Morgan fingerprint density at radius 2 is 2.07 bits per heavy atom. The van der Waals surface area contributed by atoms with E-state index in [1.54, 1.807) is 6.20 Å². The van der Waals surface area contributed by atoms with Crippen molar-refractivity contribution in [1.29, 1.82) is 0 Å². The van der Waals surface area contributed by atoms with Gasteiger partial charge in [0.05, 0.1) is 0 Å². The molecule has 4 heteroatoms. The molecule has 1 aromatic heterocycles. The standard InChI is InChI=1S/C10H9NOS2/c12-14(10-11-6-7-13-10)8-9-4-2-1-3-5-9/h1-7H,8H2. The minimum Gasteiger partial charge on any atom is -0.609 e. The first-order chi connectivity index (χ1) is 6.86. The van der Waals surface area contributed by atoms with Crippen LogP contribution < -0.4 is 0 Å². The van der Waals surface area contributed by atoms with E-state index in [0.717, 1.165) is 5.56 Å². The molecule has 72 valence electrons. The van der Waals surface area contributed by atoms with Crippen molar-refractivity contribution < 1.29 is 4.55 Å². The summed E-state index contributed by atoms with van der Waals surface area (Å²) in [5, 5.41) is 1.85. The van der Waals surface area contributed by atoms with Gasteiger partial charge >= 0.3 is 4.34 Å². The highest BCUT2D eigenvalue weighted by Gasteiger charge is 2.13. The Balaban J connectivity index is 2.06. The summed E-state index contributed by atoms with van der Waals surface area (Å²) in [6, 6.07) is 9.82. The van der Waals surface area contributed by atoms with Crippen LogP contribution in [0.3, 0.4) is 0 Å². The minimum atomic E-state index is -0.996. The van der Waals surface area contributed by atoms with Crippen molar-refractivity contribution in [2.75, 3.05) is 0 Å². The molecule has 0 spiro atoms. The summed E-state index contributed by atoms with van der Waals surface area (Å²) in [6.07, 6.45) is 1.68. The highest BCUT2D eigenvalue weighted by Crippen LogP contribution is 2.17. The third-order valence-electron chi connectivity index (χ3n) is 1.75. The molecule has 0 aliphatic heterocycles. The highest BCUT2D eigenvalue weighted by atomic mass is 32.2. The summed E-state index contributed by atoms with van der Waals surface area (Å²) in [4.78, 5) is 4.03. The first-order valence-corrected chi connectivity index (χ1v) is 6.38. The monoisotopic (exact) mass is 223 g/mol. The number of hydrogen-bond acceptors (Lipinski definition) is 3. The first-order valence-electron chi connectivity index (χ1n) is 4.18. The Bertz CT molecular complexity index is 374. The van der Waals surface area contributed by atoms with Gasteiger partial charge in [-0.3, -0.25) is 0 Å². The molecule has 0 saturated carbocycles. The van der Waals surface area contributed by atoms with Gasteiger partial charge in [0.1, 0.15) is 5.75 Å². The van der Waals surface area contributed by atoms with Crippen molar-refractivity contribution in [2.45, 2.75) is 10.1 Å². The van der Waals surface area contributed by atoms with Gasteiger partial charge in [-0.05, 0) is 0 Å². The molecule has 0 aliphatic carbocycles. The topological polar surface area (TPSA) is 36.0 Å². The normalized spacial score (nSPS) is 12.6. The van der Waals surface area contributed by atoms with Gasteiger partial charge in [-0.25, -0.2) is 4.98 Å². The van der Waals surface area contributed by atoms with Gasteiger partial charge in [0.2, 0.25) is 0 Å². The zero-order valence-electron chi connectivity index (χ0n) is 7.42. The van der Waals surface area contributed by atoms with Crippen molar-refractivity contribution in [3.63, 3.8) is 0 Å². The van der Waals surface area contributed by atoms with Gasteiger partial charge in [0.15, 0.2) is 0 Å². The lowest BCUT2D eigenvalue weighted by Gasteiger charge is -2.05. The molecule has 0 radical (unpaired) electrons. The Morgan fingerprint density at radius 3 is 2.71 bits per heavy atom. The third-order valence-corrected chi connectivity index (χ3v) is 4.25. The van der Waals surface area contributed by atoms with Crippen molar-refractivity contribution in [1.82, 2.24) is 4.98 Å². The third kappa shape index (κ3) is 2.35. The molecule has 14 heavy (non-hydrogen) atoms.